The average Bonchev–Trinajstić information content (AvgIpc) is 2.02. The largest absolute Gasteiger partial charge is 0.383 e. The van der Waals surface area contributed by atoms with Gasteiger partial charge in [-0.2, -0.15) is 0 Å². The summed E-state index contributed by atoms with van der Waals surface area (Å²) in [4.78, 5) is 21.2. The van der Waals surface area contributed by atoms with Crippen LogP contribution < -0.4 is 16.8 Å². The molecule has 0 spiro atoms. The zero-order valence-electron chi connectivity index (χ0n) is 7.58. The van der Waals surface area contributed by atoms with Crippen molar-refractivity contribution in [2.75, 3.05) is 20.3 Å². The monoisotopic (exact) mass is 189 g/mol. The van der Waals surface area contributed by atoms with Crippen molar-refractivity contribution in [2.45, 2.75) is 12.5 Å². The zero-order chi connectivity index (χ0) is 10.3. The lowest BCUT2D eigenvalue weighted by atomic mass is 10.2. The maximum atomic E-state index is 10.7. The molecule has 0 fully saturated rings. The Morgan fingerprint density at radius 2 is 2.08 bits per heavy atom. The Morgan fingerprint density at radius 1 is 1.46 bits per heavy atom. The summed E-state index contributed by atoms with van der Waals surface area (Å²) in [6.07, 6.45) is -0.0843. The lowest BCUT2D eigenvalue weighted by Crippen LogP contribution is -2.44. The van der Waals surface area contributed by atoms with E-state index in [0.29, 0.717) is 13.2 Å². The van der Waals surface area contributed by atoms with Gasteiger partial charge >= 0.3 is 0 Å². The average molecular weight is 189 g/mol. The molecule has 0 aliphatic carbocycles. The fourth-order valence-corrected chi connectivity index (χ4v) is 0.810. The molecule has 0 saturated heterocycles. The summed E-state index contributed by atoms with van der Waals surface area (Å²) in [6.45, 7) is 0.903. The topological polar surface area (TPSA) is 107 Å². The van der Waals surface area contributed by atoms with E-state index in [1.54, 1.807) is 0 Å². The molecule has 76 valence electrons. The van der Waals surface area contributed by atoms with Crippen molar-refractivity contribution in [1.29, 1.82) is 0 Å². The van der Waals surface area contributed by atoms with Gasteiger partial charge in [0.2, 0.25) is 11.8 Å². The van der Waals surface area contributed by atoms with Crippen LogP contribution in [0.2, 0.25) is 0 Å². The van der Waals surface area contributed by atoms with E-state index in [1.165, 1.54) is 7.11 Å². The van der Waals surface area contributed by atoms with E-state index >= 15 is 0 Å². The fraction of sp³-hybridized carbons (Fsp3) is 0.714. The van der Waals surface area contributed by atoms with Crippen molar-refractivity contribution >= 4 is 11.8 Å². The van der Waals surface area contributed by atoms with E-state index in [1.807, 2.05) is 0 Å². The standard InChI is InChI=1S/C7H15N3O3/c1-13-3-2-10-5(7(9)12)4-6(8)11/h5,10H,2-4H2,1H3,(H2,8,11)(H2,9,12). The van der Waals surface area contributed by atoms with Gasteiger partial charge in [0.15, 0.2) is 0 Å². The molecule has 0 saturated carbocycles. The molecule has 2 amide bonds. The summed E-state index contributed by atoms with van der Waals surface area (Å²) in [6, 6.07) is -0.701. The molecule has 0 rings (SSSR count). The molecule has 0 heterocycles. The number of methoxy groups -OCH3 is 1. The number of primary amides is 2. The number of nitrogens with two attached hydrogens (primary N) is 2. The van der Waals surface area contributed by atoms with Gasteiger partial charge in [-0.25, -0.2) is 0 Å². The normalized spacial score (nSPS) is 12.4. The van der Waals surface area contributed by atoms with Crippen LogP contribution in [-0.4, -0.2) is 38.1 Å². The van der Waals surface area contributed by atoms with Crippen molar-refractivity contribution in [2.24, 2.45) is 11.5 Å². The lowest BCUT2D eigenvalue weighted by Gasteiger charge is -2.12. The number of nitrogens with one attached hydrogen (secondary N) is 1. The van der Waals surface area contributed by atoms with Crippen molar-refractivity contribution in [3.8, 4) is 0 Å². The second kappa shape index (κ2) is 6.38. The third-order valence-corrected chi connectivity index (χ3v) is 1.45. The quantitative estimate of drug-likeness (QED) is 0.401. The van der Waals surface area contributed by atoms with Crippen LogP contribution in [0, 0.1) is 0 Å². The molecule has 0 aromatic carbocycles. The molecule has 1 atom stereocenters. The SMILES string of the molecule is COCCNC(CC(N)=O)C(N)=O. The summed E-state index contributed by atoms with van der Waals surface area (Å²) in [5.74, 6) is -1.15. The molecule has 0 aromatic rings. The van der Waals surface area contributed by atoms with Gasteiger partial charge in [-0.05, 0) is 0 Å². The highest BCUT2D eigenvalue weighted by Gasteiger charge is 2.16. The number of hydrogen-bond donors (Lipinski definition) is 3. The number of carbonyl (C=O) groups excluding carboxylic acids is 2. The highest BCUT2D eigenvalue weighted by molar-refractivity contribution is 5.86. The van der Waals surface area contributed by atoms with Gasteiger partial charge in [-0.1, -0.05) is 0 Å². The molecule has 0 radical (unpaired) electrons. The van der Waals surface area contributed by atoms with E-state index in [0.717, 1.165) is 0 Å². The molecule has 1 unspecified atom stereocenters. The minimum Gasteiger partial charge on any atom is -0.383 e. The molecule has 5 N–H and O–H groups in total. The summed E-state index contributed by atoms with van der Waals surface area (Å²) in [7, 11) is 1.54. The Balaban J connectivity index is 3.81. The summed E-state index contributed by atoms with van der Waals surface area (Å²) in [5.41, 5.74) is 9.93. The third-order valence-electron chi connectivity index (χ3n) is 1.45. The van der Waals surface area contributed by atoms with Crippen LogP contribution in [0.15, 0.2) is 0 Å². The molecular formula is C7H15N3O3. The van der Waals surface area contributed by atoms with E-state index in [-0.39, 0.29) is 6.42 Å². The minimum atomic E-state index is -0.701. The van der Waals surface area contributed by atoms with Gasteiger partial charge < -0.3 is 21.5 Å². The van der Waals surface area contributed by atoms with E-state index < -0.39 is 17.9 Å². The van der Waals surface area contributed by atoms with Gasteiger partial charge in [-0.3, -0.25) is 9.59 Å². The number of ether oxygens (including phenoxy) is 1. The first-order valence-corrected chi connectivity index (χ1v) is 3.88. The minimum absolute atomic E-state index is 0.0843. The summed E-state index contributed by atoms with van der Waals surface area (Å²) in [5, 5.41) is 2.75. The molecule has 0 aromatic heterocycles. The molecule has 13 heavy (non-hydrogen) atoms. The predicted molar refractivity (Wildman–Crippen MR) is 46.7 cm³/mol. The van der Waals surface area contributed by atoms with Crippen LogP contribution in [0.4, 0.5) is 0 Å². The Kier molecular flexibility index (Phi) is 5.82. The van der Waals surface area contributed by atoms with Crippen molar-refractivity contribution < 1.29 is 14.3 Å². The maximum Gasteiger partial charge on any atom is 0.235 e. The zero-order valence-corrected chi connectivity index (χ0v) is 7.58. The summed E-state index contributed by atoms with van der Waals surface area (Å²) < 4.78 is 4.75. The second-order valence-electron chi connectivity index (χ2n) is 2.57. The van der Waals surface area contributed by atoms with Crippen molar-refractivity contribution in [1.82, 2.24) is 5.32 Å². The van der Waals surface area contributed by atoms with Crippen LogP contribution in [0.5, 0.6) is 0 Å². The van der Waals surface area contributed by atoms with E-state index in [2.05, 4.69) is 5.32 Å². The van der Waals surface area contributed by atoms with Crippen LogP contribution in [0.25, 0.3) is 0 Å². The number of amides is 2. The Bertz CT molecular complexity index is 184. The first-order valence-electron chi connectivity index (χ1n) is 3.88. The number of rotatable bonds is 7. The third kappa shape index (κ3) is 6.06. The molecule has 0 aliphatic rings. The van der Waals surface area contributed by atoms with Crippen LogP contribution in [-0.2, 0) is 14.3 Å². The van der Waals surface area contributed by atoms with E-state index in [4.69, 9.17) is 16.2 Å². The Hall–Kier alpha value is -1.14. The predicted octanol–water partition coefficient (Wildman–Crippen LogP) is -2.05. The van der Waals surface area contributed by atoms with Crippen LogP contribution in [0.3, 0.4) is 0 Å². The van der Waals surface area contributed by atoms with Gasteiger partial charge in [0.05, 0.1) is 19.1 Å². The second-order valence-corrected chi connectivity index (χ2v) is 2.57. The first-order chi connectivity index (χ1) is 6.07. The van der Waals surface area contributed by atoms with Gasteiger partial charge in [0.1, 0.15) is 0 Å². The van der Waals surface area contributed by atoms with Crippen molar-refractivity contribution in [3.63, 3.8) is 0 Å². The lowest BCUT2D eigenvalue weighted by molar-refractivity contribution is -0.125. The molecule has 0 aliphatic heterocycles. The van der Waals surface area contributed by atoms with Crippen LogP contribution in [0.1, 0.15) is 6.42 Å². The first kappa shape index (κ1) is 11.9. The Labute approximate surface area is 76.6 Å². The fourth-order valence-electron chi connectivity index (χ4n) is 0.810. The Morgan fingerprint density at radius 3 is 2.46 bits per heavy atom. The smallest absolute Gasteiger partial charge is 0.235 e. The molecule has 6 nitrogen and oxygen atoms in total. The van der Waals surface area contributed by atoms with Gasteiger partial charge in [0, 0.05) is 13.7 Å². The number of carbonyl (C=O) groups is 2. The number of hydrogen-bond acceptors (Lipinski definition) is 4. The maximum absolute atomic E-state index is 10.7. The van der Waals surface area contributed by atoms with Crippen molar-refractivity contribution in [3.05, 3.63) is 0 Å². The van der Waals surface area contributed by atoms with Gasteiger partial charge in [-0.15, -0.1) is 0 Å². The van der Waals surface area contributed by atoms with E-state index in [9.17, 15) is 9.59 Å². The molecule has 6 heteroatoms. The molecular weight excluding hydrogens is 174 g/mol. The van der Waals surface area contributed by atoms with Gasteiger partial charge in [0.25, 0.3) is 0 Å². The highest BCUT2D eigenvalue weighted by Crippen LogP contribution is 1.89. The highest BCUT2D eigenvalue weighted by atomic mass is 16.5. The van der Waals surface area contributed by atoms with Crippen LogP contribution >= 0.6 is 0 Å². The summed E-state index contributed by atoms with van der Waals surface area (Å²) >= 11 is 0. The molecule has 0 bridgehead atoms.